The maximum absolute atomic E-state index is 12.4. The van der Waals surface area contributed by atoms with Crippen molar-refractivity contribution in [3.8, 4) is 0 Å². The molecule has 1 amide bonds. The second kappa shape index (κ2) is 5.90. The van der Waals surface area contributed by atoms with Crippen molar-refractivity contribution >= 4 is 23.2 Å². The lowest BCUT2D eigenvalue weighted by atomic mass is 9.86. The highest BCUT2D eigenvalue weighted by atomic mass is 35.5. The molecule has 110 valence electrons. The van der Waals surface area contributed by atoms with Gasteiger partial charge in [0.1, 0.15) is 0 Å². The molecule has 2 aromatic carbocycles. The molecular weight excluding hydrogens is 282 g/mol. The second-order valence-corrected chi connectivity index (χ2v) is 6.64. The molecule has 21 heavy (non-hydrogen) atoms. The van der Waals surface area contributed by atoms with Gasteiger partial charge in [0.15, 0.2) is 0 Å². The number of hydrogen-bond acceptors (Lipinski definition) is 1. The van der Waals surface area contributed by atoms with Crippen LogP contribution < -0.4 is 5.32 Å². The minimum absolute atomic E-state index is 0.0407. The topological polar surface area (TPSA) is 29.1 Å². The van der Waals surface area contributed by atoms with Crippen LogP contribution >= 0.6 is 11.6 Å². The fourth-order valence-corrected chi connectivity index (χ4v) is 2.56. The Morgan fingerprint density at radius 2 is 1.76 bits per heavy atom. The van der Waals surface area contributed by atoms with Crippen molar-refractivity contribution < 1.29 is 4.79 Å². The van der Waals surface area contributed by atoms with Crippen molar-refractivity contribution in [2.24, 2.45) is 0 Å². The largest absolute Gasteiger partial charge is 0.322 e. The highest BCUT2D eigenvalue weighted by Gasteiger charge is 2.19. The third-order valence-corrected chi connectivity index (χ3v) is 3.67. The first-order valence-electron chi connectivity index (χ1n) is 6.96. The van der Waals surface area contributed by atoms with Crippen LogP contribution in [-0.4, -0.2) is 5.91 Å². The number of benzene rings is 2. The molecule has 0 unspecified atom stereocenters. The number of para-hydroxylation sites is 1. The maximum atomic E-state index is 12.4. The predicted molar refractivity (Wildman–Crippen MR) is 89.3 cm³/mol. The first-order valence-corrected chi connectivity index (χ1v) is 7.34. The Kier molecular flexibility index (Phi) is 4.38. The van der Waals surface area contributed by atoms with E-state index in [0.29, 0.717) is 10.6 Å². The number of amides is 1. The molecule has 0 spiro atoms. The van der Waals surface area contributed by atoms with Gasteiger partial charge in [-0.2, -0.15) is 0 Å². The van der Waals surface area contributed by atoms with E-state index in [1.54, 1.807) is 12.1 Å². The number of anilines is 1. The molecule has 3 heteroatoms. The van der Waals surface area contributed by atoms with Gasteiger partial charge in [-0.15, -0.1) is 0 Å². The van der Waals surface area contributed by atoms with Gasteiger partial charge in [-0.05, 0) is 41.7 Å². The summed E-state index contributed by atoms with van der Waals surface area (Å²) in [7, 11) is 0. The summed E-state index contributed by atoms with van der Waals surface area (Å²) in [4.78, 5) is 12.4. The van der Waals surface area contributed by atoms with Crippen molar-refractivity contribution in [3.63, 3.8) is 0 Å². The van der Waals surface area contributed by atoms with Crippen molar-refractivity contribution in [1.29, 1.82) is 0 Å². The first-order chi connectivity index (χ1) is 9.79. The van der Waals surface area contributed by atoms with Crippen LogP contribution in [0.4, 0.5) is 5.69 Å². The second-order valence-electron chi connectivity index (χ2n) is 6.23. The minimum atomic E-state index is -0.184. The summed E-state index contributed by atoms with van der Waals surface area (Å²) in [6, 6.07) is 13.3. The molecule has 2 aromatic rings. The van der Waals surface area contributed by atoms with Crippen LogP contribution in [0.1, 0.15) is 42.3 Å². The van der Waals surface area contributed by atoms with E-state index in [0.717, 1.165) is 16.8 Å². The van der Waals surface area contributed by atoms with E-state index in [2.05, 4.69) is 26.1 Å². The molecule has 0 aliphatic carbocycles. The normalized spacial score (nSPS) is 11.3. The van der Waals surface area contributed by atoms with E-state index in [4.69, 9.17) is 11.6 Å². The Labute approximate surface area is 131 Å². The molecule has 0 aliphatic rings. The van der Waals surface area contributed by atoms with E-state index < -0.39 is 0 Å². The molecule has 0 radical (unpaired) electrons. The number of aryl methyl sites for hydroxylation is 1. The van der Waals surface area contributed by atoms with Crippen molar-refractivity contribution in [2.75, 3.05) is 5.32 Å². The van der Waals surface area contributed by atoms with Crippen molar-refractivity contribution in [3.05, 3.63) is 64.2 Å². The average Bonchev–Trinajstić information content (AvgIpc) is 2.37. The van der Waals surface area contributed by atoms with Crippen molar-refractivity contribution in [1.82, 2.24) is 0 Å². The summed E-state index contributed by atoms with van der Waals surface area (Å²) in [6.45, 7) is 8.31. The molecule has 0 heterocycles. The predicted octanol–water partition coefficient (Wildman–Crippen LogP) is 5.20. The first kappa shape index (κ1) is 15.6. The van der Waals surface area contributed by atoms with Gasteiger partial charge in [-0.1, -0.05) is 56.6 Å². The summed E-state index contributed by atoms with van der Waals surface area (Å²) in [5.41, 5.74) is 3.41. The Balaban J connectivity index is 2.32. The number of carbonyl (C=O) groups is 1. The summed E-state index contributed by atoms with van der Waals surface area (Å²) >= 11 is 6.16. The van der Waals surface area contributed by atoms with Gasteiger partial charge < -0.3 is 5.32 Å². The van der Waals surface area contributed by atoms with Gasteiger partial charge in [0, 0.05) is 5.69 Å². The van der Waals surface area contributed by atoms with Crippen LogP contribution in [0.15, 0.2) is 42.5 Å². The van der Waals surface area contributed by atoms with Gasteiger partial charge in [-0.3, -0.25) is 4.79 Å². The lowest BCUT2D eigenvalue weighted by Gasteiger charge is -2.23. The van der Waals surface area contributed by atoms with Gasteiger partial charge in [0.25, 0.3) is 5.91 Å². The third kappa shape index (κ3) is 3.64. The lowest BCUT2D eigenvalue weighted by molar-refractivity contribution is 0.102. The van der Waals surface area contributed by atoms with E-state index in [1.165, 1.54) is 0 Å². The Hall–Kier alpha value is -1.80. The van der Waals surface area contributed by atoms with E-state index in [1.807, 2.05) is 37.3 Å². The average molecular weight is 302 g/mol. The smallest absolute Gasteiger partial charge is 0.257 e. The molecule has 0 fully saturated rings. The number of halogens is 1. The van der Waals surface area contributed by atoms with Crippen LogP contribution in [0.25, 0.3) is 0 Å². The highest BCUT2D eigenvalue weighted by molar-refractivity contribution is 6.34. The third-order valence-electron chi connectivity index (χ3n) is 3.35. The van der Waals surface area contributed by atoms with E-state index in [9.17, 15) is 4.79 Å². The molecule has 0 saturated heterocycles. The Morgan fingerprint density at radius 3 is 2.38 bits per heavy atom. The van der Waals surface area contributed by atoms with Crippen LogP contribution in [0, 0.1) is 6.92 Å². The van der Waals surface area contributed by atoms with E-state index in [-0.39, 0.29) is 11.3 Å². The van der Waals surface area contributed by atoms with Crippen LogP contribution in [-0.2, 0) is 5.41 Å². The molecule has 1 N–H and O–H groups in total. The molecule has 0 bridgehead atoms. The molecule has 2 nitrogen and oxygen atoms in total. The number of nitrogens with one attached hydrogen (secondary N) is 1. The zero-order chi connectivity index (χ0) is 15.6. The summed E-state index contributed by atoms with van der Waals surface area (Å²) in [5, 5.41) is 3.44. The quantitative estimate of drug-likeness (QED) is 0.811. The van der Waals surface area contributed by atoms with E-state index >= 15 is 0 Å². The summed E-state index contributed by atoms with van der Waals surface area (Å²) in [6.07, 6.45) is 0. The number of rotatable bonds is 2. The van der Waals surface area contributed by atoms with Gasteiger partial charge in [0.2, 0.25) is 0 Å². The SMILES string of the molecule is Cc1ccc(C(=O)Nc2ccccc2C(C)(C)C)c(Cl)c1. The zero-order valence-corrected chi connectivity index (χ0v) is 13.6. The summed E-state index contributed by atoms with van der Waals surface area (Å²) < 4.78 is 0. The Morgan fingerprint density at radius 1 is 1.10 bits per heavy atom. The fourth-order valence-electron chi connectivity index (χ4n) is 2.24. The fraction of sp³-hybridized carbons (Fsp3) is 0.278. The van der Waals surface area contributed by atoms with Gasteiger partial charge >= 0.3 is 0 Å². The Bertz CT molecular complexity index is 671. The van der Waals surface area contributed by atoms with Crippen LogP contribution in [0.2, 0.25) is 5.02 Å². The number of carbonyl (C=O) groups excluding carboxylic acids is 1. The van der Waals surface area contributed by atoms with Gasteiger partial charge in [-0.25, -0.2) is 0 Å². The maximum Gasteiger partial charge on any atom is 0.257 e. The van der Waals surface area contributed by atoms with Crippen LogP contribution in [0.3, 0.4) is 0 Å². The van der Waals surface area contributed by atoms with Gasteiger partial charge in [0.05, 0.1) is 10.6 Å². The highest BCUT2D eigenvalue weighted by Crippen LogP contribution is 2.30. The monoisotopic (exact) mass is 301 g/mol. The molecule has 0 aromatic heterocycles. The molecule has 0 atom stereocenters. The zero-order valence-electron chi connectivity index (χ0n) is 12.8. The standard InChI is InChI=1S/C18H20ClNO/c1-12-9-10-13(15(19)11-12)17(21)20-16-8-6-5-7-14(16)18(2,3)4/h5-11H,1-4H3,(H,20,21). The molecular formula is C18H20ClNO. The van der Waals surface area contributed by atoms with Crippen molar-refractivity contribution in [2.45, 2.75) is 33.1 Å². The molecule has 2 rings (SSSR count). The minimum Gasteiger partial charge on any atom is -0.322 e. The molecule has 0 saturated carbocycles. The molecule has 0 aliphatic heterocycles. The number of hydrogen-bond donors (Lipinski definition) is 1. The lowest BCUT2D eigenvalue weighted by Crippen LogP contribution is -2.19. The van der Waals surface area contributed by atoms with Crippen LogP contribution in [0.5, 0.6) is 0 Å². The summed E-state index contributed by atoms with van der Waals surface area (Å²) in [5.74, 6) is -0.184.